The molecule has 190 valence electrons. The molecule has 2 spiro atoms. The molecular weight excluding hydrogens is 462 g/mol. The Morgan fingerprint density at radius 1 is 1.08 bits per heavy atom. The van der Waals surface area contributed by atoms with Gasteiger partial charge in [-0.05, 0) is 80.3 Å². The lowest BCUT2D eigenvalue weighted by Gasteiger charge is -2.56. The van der Waals surface area contributed by atoms with Crippen LogP contribution in [0.25, 0.3) is 10.9 Å². The van der Waals surface area contributed by atoms with Crippen molar-refractivity contribution >= 4 is 34.0 Å². The second kappa shape index (κ2) is 7.22. The summed E-state index contributed by atoms with van der Waals surface area (Å²) in [5.41, 5.74) is 8.90. The normalized spacial score (nSPS) is 22.7. The molecule has 1 amide bonds. The monoisotopic (exact) mass is 495 g/mol. The molecule has 7 heteroatoms. The molecule has 2 saturated heterocycles. The van der Waals surface area contributed by atoms with Gasteiger partial charge in [-0.1, -0.05) is 12.1 Å². The number of anilines is 3. The van der Waals surface area contributed by atoms with Gasteiger partial charge in [0.15, 0.2) is 0 Å². The van der Waals surface area contributed by atoms with Crippen LogP contribution in [0.5, 0.6) is 0 Å². The van der Waals surface area contributed by atoms with Crippen LogP contribution >= 0.6 is 0 Å². The van der Waals surface area contributed by atoms with Gasteiger partial charge in [-0.15, -0.1) is 0 Å². The quantitative estimate of drug-likeness (QED) is 0.577. The number of carbonyl (C=O) groups is 1. The first-order valence-corrected chi connectivity index (χ1v) is 13.7. The molecule has 2 aromatic carbocycles. The largest absolute Gasteiger partial charge is 0.380 e. The van der Waals surface area contributed by atoms with Gasteiger partial charge in [-0.2, -0.15) is 0 Å². The maximum absolute atomic E-state index is 13.1. The van der Waals surface area contributed by atoms with Gasteiger partial charge in [-0.3, -0.25) is 4.79 Å². The van der Waals surface area contributed by atoms with Crippen LogP contribution in [-0.4, -0.2) is 49.2 Å². The van der Waals surface area contributed by atoms with Crippen molar-refractivity contribution in [2.75, 3.05) is 48.5 Å². The number of rotatable bonds is 4. The first-order chi connectivity index (χ1) is 17.9. The Morgan fingerprint density at radius 3 is 2.59 bits per heavy atom. The van der Waals surface area contributed by atoms with E-state index in [1.54, 1.807) is 0 Å². The van der Waals surface area contributed by atoms with Crippen LogP contribution in [0.15, 0.2) is 24.3 Å². The van der Waals surface area contributed by atoms with Gasteiger partial charge in [0.1, 0.15) is 11.6 Å². The third-order valence-corrected chi connectivity index (χ3v) is 9.56. The summed E-state index contributed by atoms with van der Waals surface area (Å²) < 4.78 is 5.53. The molecule has 5 aliphatic rings. The predicted molar refractivity (Wildman–Crippen MR) is 145 cm³/mol. The Balaban J connectivity index is 1.21. The van der Waals surface area contributed by atoms with E-state index in [0.717, 1.165) is 80.2 Å². The van der Waals surface area contributed by atoms with Crippen molar-refractivity contribution in [2.24, 2.45) is 5.41 Å². The van der Waals surface area contributed by atoms with Gasteiger partial charge in [0.05, 0.1) is 35.6 Å². The lowest BCUT2D eigenvalue weighted by molar-refractivity contribution is -0.127. The number of fused-ring (bicyclic) bond motifs is 5. The molecule has 7 nitrogen and oxygen atoms in total. The molecule has 4 heterocycles. The van der Waals surface area contributed by atoms with Gasteiger partial charge in [0.25, 0.3) is 0 Å². The number of nitrogens with zero attached hydrogens (tertiary/aromatic N) is 4. The van der Waals surface area contributed by atoms with E-state index in [-0.39, 0.29) is 17.4 Å². The van der Waals surface area contributed by atoms with Crippen LogP contribution in [-0.2, 0) is 27.8 Å². The maximum atomic E-state index is 13.1. The van der Waals surface area contributed by atoms with Crippen molar-refractivity contribution in [3.63, 3.8) is 0 Å². The van der Waals surface area contributed by atoms with Crippen molar-refractivity contribution in [3.8, 4) is 0 Å². The Morgan fingerprint density at radius 2 is 1.86 bits per heavy atom. The number of aryl methyl sites for hydroxylation is 2. The predicted octanol–water partition coefficient (Wildman–Crippen LogP) is 4.44. The Kier molecular flexibility index (Phi) is 4.26. The van der Waals surface area contributed by atoms with E-state index < -0.39 is 0 Å². The summed E-state index contributed by atoms with van der Waals surface area (Å²) in [4.78, 5) is 27.4. The molecule has 37 heavy (non-hydrogen) atoms. The fourth-order valence-corrected chi connectivity index (χ4v) is 7.49. The minimum Gasteiger partial charge on any atom is -0.380 e. The van der Waals surface area contributed by atoms with Crippen LogP contribution in [0.4, 0.5) is 17.2 Å². The Hall–Kier alpha value is -3.19. The maximum Gasteiger partial charge on any atom is 0.237 e. The Bertz CT molecular complexity index is 1500. The van der Waals surface area contributed by atoms with Gasteiger partial charge >= 0.3 is 0 Å². The van der Waals surface area contributed by atoms with E-state index in [2.05, 4.69) is 41.4 Å². The highest BCUT2D eigenvalue weighted by Gasteiger charge is 2.59. The summed E-state index contributed by atoms with van der Waals surface area (Å²) >= 11 is 0. The molecular formula is C30H33N5O2. The zero-order valence-corrected chi connectivity index (χ0v) is 21.9. The molecule has 0 bridgehead atoms. The zero-order valence-electron chi connectivity index (χ0n) is 21.9. The van der Waals surface area contributed by atoms with Gasteiger partial charge in [-0.25, -0.2) is 9.97 Å². The summed E-state index contributed by atoms with van der Waals surface area (Å²) in [7, 11) is 1.91. The smallest absolute Gasteiger partial charge is 0.237 e. The Labute approximate surface area is 217 Å². The fourth-order valence-electron chi connectivity index (χ4n) is 7.49. The highest BCUT2D eigenvalue weighted by molar-refractivity contribution is 6.10. The second-order valence-electron chi connectivity index (χ2n) is 12.1. The van der Waals surface area contributed by atoms with Gasteiger partial charge < -0.3 is 19.9 Å². The number of hydrogen-bond acceptors (Lipinski definition) is 6. The fraction of sp³-hybridized carbons (Fsp3) is 0.500. The number of nitrogens with one attached hydrogen (secondary N) is 1. The number of carbonyl (C=O) groups excluding carboxylic acids is 1. The summed E-state index contributed by atoms with van der Waals surface area (Å²) in [6, 6.07) is 8.71. The zero-order chi connectivity index (χ0) is 25.1. The molecule has 3 fully saturated rings. The minimum absolute atomic E-state index is 0.0142. The lowest BCUT2D eigenvalue weighted by Crippen LogP contribution is -2.66. The number of ether oxygens (including phenoxy) is 1. The molecule has 3 aromatic rings. The molecule has 1 saturated carbocycles. The van der Waals surface area contributed by atoms with Crippen LogP contribution in [0.3, 0.4) is 0 Å². The van der Waals surface area contributed by atoms with E-state index in [4.69, 9.17) is 14.7 Å². The number of likely N-dealkylation sites (N-methyl/N-ethyl adjacent to an activating group) is 1. The van der Waals surface area contributed by atoms with Gasteiger partial charge in [0.2, 0.25) is 5.91 Å². The van der Waals surface area contributed by atoms with E-state index in [9.17, 15) is 4.79 Å². The summed E-state index contributed by atoms with van der Waals surface area (Å²) in [5, 5.41) is 4.89. The average molecular weight is 496 g/mol. The first-order valence-electron chi connectivity index (χ1n) is 13.7. The van der Waals surface area contributed by atoms with Crippen molar-refractivity contribution in [3.05, 3.63) is 52.3 Å². The van der Waals surface area contributed by atoms with E-state index in [1.165, 1.54) is 34.4 Å². The molecule has 3 aliphatic heterocycles. The van der Waals surface area contributed by atoms with Crippen LogP contribution < -0.4 is 15.1 Å². The number of amides is 1. The first kappa shape index (κ1) is 21.9. The third-order valence-electron chi connectivity index (χ3n) is 9.56. The highest BCUT2D eigenvalue weighted by atomic mass is 16.5. The lowest BCUT2D eigenvalue weighted by atomic mass is 9.77. The highest BCUT2D eigenvalue weighted by Crippen LogP contribution is 2.59. The molecule has 0 radical (unpaired) electrons. The van der Waals surface area contributed by atoms with Crippen molar-refractivity contribution < 1.29 is 9.53 Å². The second-order valence-corrected chi connectivity index (χ2v) is 12.1. The van der Waals surface area contributed by atoms with Crippen molar-refractivity contribution in [1.82, 2.24) is 9.97 Å². The molecule has 8 rings (SSSR count). The SMILES string of the molecule is Cc1nc(NC(C)c2cccc3c2C2(CC2)C(=O)N3C)c2cc(N3CC4(COC4)C3)c3c(c2n1)CCC3. The summed E-state index contributed by atoms with van der Waals surface area (Å²) in [6.07, 6.45) is 5.28. The summed E-state index contributed by atoms with van der Waals surface area (Å²) in [6.45, 7) is 8.14. The topological polar surface area (TPSA) is 70.6 Å². The van der Waals surface area contributed by atoms with Crippen molar-refractivity contribution in [1.29, 1.82) is 0 Å². The van der Waals surface area contributed by atoms with Crippen molar-refractivity contribution in [2.45, 2.75) is 57.4 Å². The molecule has 1 aromatic heterocycles. The van der Waals surface area contributed by atoms with E-state index in [0.29, 0.717) is 5.41 Å². The average Bonchev–Trinajstić information content (AvgIpc) is 3.43. The minimum atomic E-state index is -0.313. The number of aromatic nitrogens is 2. The molecule has 1 atom stereocenters. The molecule has 1 N–H and O–H groups in total. The van der Waals surface area contributed by atoms with E-state index >= 15 is 0 Å². The number of hydrogen-bond donors (Lipinski definition) is 1. The standard InChI is InChI=1S/C30H33N5O2/c1-17(19-6-5-9-23-25(19)30(10-11-30)28(36)34(23)3)31-27-22-12-24(35-13-29(14-35)15-37-16-29)20-7-4-8-21(20)26(22)32-18(2)33-27/h5-6,9,12,17H,4,7-8,10-11,13-16H2,1-3H3,(H,31,32,33). The summed E-state index contributed by atoms with van der Waals surface area (Å²) in [5.74, 6) is 1.94. The molecule has 1 unspecified atom stereocenters. The van der Waals surface area contributed by atoms with Crippen LogP contribution in [0, 0.1) is 12.3 Å². The van der Waals surface area contributed by atoms with E-state index in [1.807, 2.05) is 18.9 Å². The molecule has 2 aliphatic carbocycles. The third kappa shape index (κ3) is 2.89. The number of benzene rings is 2. The van der Waals surface area contributed by atoms with Crippen LogP contribution in [0.2, 0.25) is 0 Å². The van der Waals surface area contributed by atoms with Crippen LogP contribution in [0.1, 0.15) is 60.3 Å². The van der Waals surface area contributed by atoms with Gasteiger partial charge in [0, 0.05) is 36.9 Å².